The van der Waals surface area contributed by atoms with Gasteiger partial charge in [-0.25, -0.2) is 0 Å². The molecule has 3 unspecified atom stereocenters. The number of phenols is 8. The van der Waals surface area contributed by atoms with Gasteiger partial charge >= 0.3 is 0 Å². The summed E-state index contributed by atoms with van der Waals surface area (Å²) in [6.07, 6.45) is 7.57. The molecule has 0 radical (unpaired) electrons. The van der Waals surface area contributed by atoms with Crippen LogP contribution in [0.5, 0.6) is 46.0 Å². The molecule has 4 aromatic carbocycles. The second kappa shape index (κ2) is 14.1. The molecule has 50 heavy (non-hydrogen) atoms. The van der Waals surface area contributed by atoms with Crippen molar-refractivity contribution < 1.29 is 50.4 Å². The molecule has 1 aliphatic rings. The van der Waals surface area contributed by atoms with Gasteiger partial charge in [0.15, 0.2) is 11.6 Å². The Kier molecular flexibility index (Phi) is 9.94. The first-order valence-electron chi connectivity index (χ1n) is 15.9. The molecule has 4 aromatic rings. The van der Waals surface area contributed by atoms with E-state index in [9.17, 15) is 50.4 Å². The maximum atomic E-state index is 14.7. The Morgan fingerprint density at radius 2 is 1.36 bits per heavy atom. The molecule has 258 valence electrons. The number of hydrogen-bond donors (Lipinski definition) is 8. The van der Waals surface area contributed by atoms with Gasteiger partial charge in [0.2, 0.25) is 0 Å². The van der Waals surface area contributed by atoms with Crippen LogP contribution in [-0.4, -0.2) is 52.4 Å². The van der Waals surface area contributed by atoms with E-state index in [1.54, 1.807) is 19.1 Å². The van der Waals surface area contributed by atoms with Crippen molar-refractivity contribution in [3.8, 4) is 46.0 Å². The summed E-state index contributed by atoms with van der Waals surface area (Å²) in [5.41, 5.74) is 0.755. The fourth-order valence-corrected chi connectivity index (χ4v) is 6.44. The lowest BCUT2D eigenvalue weighted by Crippen LogP contribution is -2.32. The highest BCUT2D eigenvalue weighted by molar-refractivity contribution is 6.09. The number of phenolic OH excluding ortho intramolecular Hbond substituents is 8. The number of benzene rings is 4. The van der Waals surface area contributed by atoms with E-state index in [-0.39, 0.29) is 68.9 Å². The van der Waals surface area contributed by atoms with Gasteiger partial charge in [-0.15, -0.1) is 0 Å². The molecule has 0 spiro atoms. The quantitative estimate of drug-likeness (QED) is 0.0495. The fraction of sp³-hybridized carbons (Fsp3) is 0.200. The van der Waals surface area contributed by atoms with Gasteiger partial charge < -0.3 is 40.9 Å². The number of carbonyl (C=O) groups excluding carboxylic acids is 2. The predicted molar refractivity (Wildman–Crippen MR) is 188 cm³/mol. The lowest BCUT2D eigenvalue weighted by Gasteiger charge is -2.37. The molecule has 0 saturated carbocycles. The molecule has 0 aromatic heterocycles. The van der Waals surface area contributed by atoms with E-state index in [2.05, 4.69) is 0 Å². The van der Waals surface area contributed by atoms with Crippen molar-refractivity contribution in [2.24, 2.45) is 11.8 Å². The monoisotopic (exact) mass is 678 g/mol. The van der Waals surface area contributed by atoms with Crippen molar-refractivity contribution in [1.29, 1.82) is 0 Å². The fourth-order valence-electron chi connectivity index (χ4n) is 6.44. The Bertz CT molecular complexity index is 2070. The summed E-state index contributed by atoms with van der Waals surface area (Å²) in [6, 6.07) is 12.8. The molecule has 0 fully saturated rings. The molecule has 10 nitrogen and oxygen atoms in total. The van der Waals surface area contributed by atoms with Crippen LogP contribution in [0.1, 0.15) is 82.0 Å². The van der Waals surface area contributed by atoms with Gasteiger partial charge in [0, 0.05) is 41.0 Å². The van der Waals surface area contributed by atoms with Crippen molar-refractivity contribution >= 4 is 23.7 Å². The Hall–Kier alpha value is -6.16. The second-order valence-electron chi connectivity index (χ2n) is 12.8. The highest BCUT2D eigenvalue weighted by Gasteiger charge is 2.43. The van der Waals surface area contributed by atoms with Crippen LogP contribution in [0, 0.1) is 11.8 Å². The highest BCUT2D eigenvalue weighted by Crippen LogP contribution is 2.53. The van der Waals surface area contributed by atoms with Gasteiger partial charge in [-0.1, -0.05) is 43.7 Å². The van der Waals surface area contributed by atoms with Crippen molar-refractivity contribution in [3.63, 3.8) is 0 Å². The van der Waals surface area contributed by atoms with Gasteiger partial charge in [0.05, 0.1) is 16.7 Å². The smallest absolute Gasteiger partial charge is 0.189 e. The topological polar surface area (TPSA) is 196 Å². The zero-order valence-electron chi connectivity index (χ0n) is 27.6. The zero-order valence-corrected chi connectivity index (χ0v) is 27.6. The van der Waals surface area contributed by atoms with Gasteiger partial charge in [-0.05, 0) is 79.4 Å². The molecular weight excluding hydrogens is 640 g/mol. The van der Waals surface area contributed by atoms with E-state index < -0.39 is 46.6 Å². The van der Waals surface area contributed by atoms with E-state index in [1.807, 2.05) is 13.8 Å². The van der Waals surface area contributed by atoms with E-state index in [0.717, 1.165) is 23.8 Å². The van der Waals surface area contributed by atoms with Crippen LogP contribution in [0.3, 0.4) is 0 Å². The SMILES string of the molecule is CC1=CC(c2c(O)ccc(C(=O)/C=C/c3ccc(O)cc3O)c2O)C(C(=O)c2ccc(O)c(/C=C/C(C)C)c2O)C(c2ccc(O)cc2O)C1. The maximum absolute atomic E-state index is 14.7. The van der Waals surface area contributed by atoms with Gasteiger partial charge in [0.1, 0.15) is 46.0 Å². The van der Waals surface area contributed by atoms with Crippen molar-refractivity contribution in [2.75, 3.05) is 0 Å². The Morgan fingerprint density at radius 3 is 2.02 bits per heavy atom. The van der Waals surface area contributed by atoms with Crippen LogP contribution in [0.15, 0.2) is 84.5 Å². The summed E-state index contributed by atoms with van der Waals surface area (Å²) in [7, 11) is 0. The first-order valence-corrected chi connectivity index (χ1v) is 15.9. The lowest BCUT2D eigenvalue weighted by atomic mass is 9.65. The highest BCUT2D eigenvalue weighted by atomic mass is 16.3. The lowest BCUT2D eigenvalue weighted by molar-refractivity contribution is 0.0876. The number of rotatable bonds is 9. The first kappa shape index (κ1) is 35.2. The van der Waals surface area contributed by atoms with Crippen LogP contribution in [-0.2, 0) is 0 Å². The summed E-state index contributed by atoms with van der Waals surface area (Å²) >= 11 is 0. The third-order valence-corrected chi connectivity index (χ3v) is 8.87. The number of aromatic hydroxyl groups is 8. The van der Waals surface area contributed by atoms with Crippen LogP contribution in [0.4, 0.5) is 0 Å². The molecule has 10 heteroatoms. The van der Waals surface area contributed by atoms with Crippen LogP contribution >= 0.6 is 0 Å². The molecule has 5 rings (SSSR count). The van der Waals surface area contributed by atoms with Gasteiger partial charge in [-0.2, -0.15) is 0 Å². The van der Waals surface area contributed by atoms with Crippen LogP contribution < -0.4 is 0 Å². The number of hydrogen-bond acceptors (Lipinski definition) is 10. The third kappa shape index (κ3) is 7.00. The van der Waals surface area contributed by atoms with Crippen LogP contribution in [0.2, 0.25) is 0 Å². The molecule has 0 saturated heterocycles. The molecule has 0 amide bonds. The molecular formula is C40H38O10. The molecule has 8 N–H and O–H groups in total. The molecule has 1 aliphatic carbocycles. The van der Waals surface area contributed by atoms with Gasteiger partial charge in [0.25, 0.3) is 0 Å². The van der Waals surface area contributed by atoms with Crippen molar-refractivity contribution in [3.05, 3.63) is 118 Å². The molecule has 0 heterocycles. The van der Waals surface area contributed by atoms with Crippen LogP contribution in [0.25, 0.3) is 12.2 Å². The molecule has 0 aliphatic heterocycles. The van der Waals surface area contributed by atoms with E-state index in [1.165, 1.54) is 60.7 Å². The minimum absolute atomic E-state index is 0.0254. The summed E-state index contributed by atoms with van der Waals surface area (Å²) in [4.78, 5) is 28.1. The minimum atomic E-state index is -1.20. The Balaban J connectivity index is 1.68. The molecule has 0 bridgehead atoms. The average Bonchev–Trinajstić information content (AvgIpc) is 3.03. The Labute approximate surface area is 288 Å². The van der Waals surface area contributed by atoms with E-state index >= 15 is 0 Å². The summed E-state index contributed by atoms with van der Waals surface area (Å²) in [5.74, 6) is -7.08. The van der Waals surface area contributed by atoms with Crippen molar-refractivity contribution in [2.45, 2.75) is 39.0 Å². The number of ketones is 2. The maximum Gasteiger partial charge on any atom is 0.189 e. The predicted octanol–water partition coefficient (Wildman–Crippen LogP) is 7.61. The average molecular weight is 679 g/mol. The number of carbonyl (C=O) groups is 2. The number of Topliss-reactive ketones (excluding diaryl/α,β-unsaturated/α-hetero) is 1. The minimum Gasteiger partial charge on any atom is -0.508 e. The van der Waals surface area contributed by atoms with Crippen molar-refractivity contribution in [1.82, 2.24) is 0 Å². The largest absolute Gasteiger partial charge is 0.508 e. The summed E-state index contributed by atoms with van der Waals surface area (Å²) in [5, 5.41) is 85.4. The molecule has 3 atom stereocenters. The zero-order chi connectivity index (χ0) is 36.4. The normalized spacial score (nSPS) is 17.8. The number of allylic oxidation sites excluding steroid dienone is 4. The summed E-state index contributed by atoms with van der Waals surface area (Å²) < 4.78 is 0. The third-order valence-electron chi connectivity index (χ3n) is 8.87. The first-order chi connectivity index (χ1) is 23.7. The Morgan fingerprint density at radius 1 is 0.720 bits per heavy atom. The second-order valence-corrected chi connectivity index (χ2v) is 12.8. The van der Waals surface area contributed by atoms with E-state index in [0.29, 0.717) is 5.56 Å². The van der Waals surface area contributed by atoms with E-state index in [4.69, 9.17) is 0 Å². The van der Waals surface area contributed by atoms with Gasteiger partial charge in [-0.3, -0.25) is 9.59 Å². The standard InChI is InChI=1S/C40H38O10/c1-20(2)4-9-26-32(44)14-12-28(38(26)48)40(50)36-29(25-10-8-24(42)19-35(25)47)16-21(3)17-30(36)37-33(45)15-11-27(39(37)49)31(43)13-6-22-5-7-23(41)18-34(22)46/h4-15,17-20,29-30,36,41-42,44-49H,16H2,1-3H3/b9-4+,13-6+. The summed E-state index contributed by atoms with van der Waals surface area (Å²) in [6.45, 7) is 5.59.